The van der Waals surface area contributed by atoms with Crippen molar-refractivity contribution in [2.45, 2.75) is 12.8 Å². The molecule has 1 fully saturated rings. The van der Waals surface area contributed by atoms with Gasteiger partial charge in [0.2, 0.25) is 5.91 Å². The van der Waals surface area contributed by atoms with Gasteiger partial charge in [0.15, 0.2) is 0 Å². The fourth-order valence-corrected chi connectivity index (χ4v) is 2.39. The number of para-hydroxylation sites is 1. The second-order valence-corrected chi connectivity index (χ2v) is 4.65. The highest BCUT2D eigenvalue weighted by molar-refractivity contribution is 6.00. The zero-order valence-electron chi connectivity index (χ0n) is 10.5. The number of hydrogen-bond donors (Lipinski definition) is 3. The van der Waals surface area contributed by atoms with Gasteiger partial charge in [0.25, 0.3) is 0 Å². The molecule has 0 radical (unpaired) electrons. The highest BCUT2D eigenvalue weighted by Gasteiger charge is 2.21. The van der Waals surface area contributed by atoms with E-state index in [1.54, 1.807) is 6.20 Å². The monoisotopic (exact) mass is 280 g/mol. The number of piperidine rings is 1. The molecular weight excluding hydrogens is 264 g/mol. The summed E-state index contributed by atoms with van der Waals surface area (Å²) in [4.78, 5) is 12.2. The van der Waals surface area contributed by atoms with Crippen molar-refractivity contribution in [1.29, 1.82) is 0 Å². The van der Waals surface area contributed by atoms with Crippen LogP contribution in [0.25, 0.3) is 10.9 Å². The number of amides is 1. The van der Waals surface area contributed by atoms with E-state index in [4.69, 9.17) is 0 Å². The molecule has 1 aromatic heterocycles. The summed E-state index contributed by atoms with van der Waals surface area (Å²) in [5.41, 5.74) is 1.70. The molecule has 0 spiro atoms. The number of rotatable bonds is 2. The van der Waals surface area contributed by atoms with Gasteiger partial charge in [0, 0.05) is 11.3 Å². The van der Waals surface area contributed by atoms with Crippen LogP contribution in [-0.4, -0.2) is 29.2 Å². The maximum absolute atomic E-state index is 12.2. The van der Waals surface area contributed by atoms with E-state index in [1.165, 1.54) is 0 Å². The van der Waals surface area contributed by atoms with Crippen LogP contribution in [0.4, 0.5) is 5.69 Å². The Kier molecular flexibility index (Phi) is 4.39. The lowest BCUT2D eigenvalue weighted by Crippen LogP contribution is -2.34. The van der Waals surface area contributed by atoms with Gasteiger partial charge in [-0.05, 0) is 32.0 Å². The van der Waals surface area contributed by atoms with Gasteiger partial charge in [0.1, 0.15) is 0 Å². The van der Waals surface area contributed by atoms with E-state index in [9.17, 15) is 4.79 Å². The van der Waals surface area contributed by atoms with Gasteiger partial charge in [-0.1, -0.05) is 12.1 Å². The molecule has 1 aliphatic heterocycles. The first-order valence-electron chi connectivity index (χ1n) is 6.28. The van der Waals surface area contributed by atoms with Gasteiger partial charge in [-0.15, -0.1) is 12.4 Å². The second kappa shape index (κ2) is 6.04. The van der Waals surface area contributed by atoms with Gasteiger partial charge < -0.3 is 10.6 Å². The number of aromatic nitrogens is 2. The second-order valence-electron chi connectivity index (χ2n) is 4.65. The Hall–Kier alpha value is -1.59. The van der Waals surface area contributed by atoms with Crippen molar-refractivity contribution in [1.82, 2.24) is 15.5 Å². The van der Waals surface area contributed by atoms with Crippen LogP contribution in [0, 0.1) is 5.92 Å². The number of halogens is 1. The molecule has 1 aliphatic rings. The van der Waals surface area contributed by atoms with Crippen molar-refractivity contribution in [3.8, 4) is 0 Å². The van der Waals surface area contributed by atoms with Gasteiger partial charge in [-0.2, -0.15) is 5.10 Å². The SMILES string of the molecule is Cl.O=C(Nc1cccc2cn[nH]c12)C1CCNCC1. The molecule has 102 valence electrons. The first kappa shape index (κ1) is 13.8. The molecule has 3 N–H and O–H groups in total. The maximum atomic E-state index is 12.2. The quantitative estimate of drug-likeness (QED) is 0.787. The first-order chi connectivity index (χ1) is 8.84. The molecule has 1 amide bonds. The third-order valence-electron chi connectivity index (χ3n) is 3.44. The Bertz CT molecular complexity index is 563. The molecule has 0 aliphatic carbocycles. The van der Waals surface area contributed by atoms with E-state index in [1.807, 2.05) is 18.2 Å². The standard InChI is InChI=1S/C13H16N4O.ClH/c18-13(9-4-6-14-7-5-9)16-11-3-1-2-10-8-15-17-12(10)11;/h1-3,8-9,14H,4-7H2,(H,15,17)(H,16,18);1H. The molecule has 0 atom stereocenters. The summed E-state index contributed by atoms with van der Waals surface area (Å²) in [5, 5.41) is 14.2. The van der Waals surface area contributed by atoms with Crippen LogP contribution >= 0.6 is 12.4 Å². The summed E-state index contributed by atoms with van der Waals surface area (Å²) in [7, 11) is 0. The number of nitrogens with one attached hydrogen (secondary N) is 3. The zero-order valence-corrected chi connectivity index (χ0v) is 11.3. The van der Waals surface area contributed by atoms with Crippen molar-refractivity contribution in [2.75, 3.05) is 18.4 Å². The Morgan fingerprint density at radius 2 is 2.11 bits per heavy atom. The summed E-state index contributed by atoms with van der Waals surface area (Å²) >= 11 is 0. The molecule has 0 saturated carbocycles. The lowest BCUT2D eigenvalue weighted by molar-refractivity contribution is -0.120. The van der Waals surface area contributed by atoms with Gasteiger partial charge >= 0.3 is 0 Å². The summed E-state index contributed by atoms with van der Waals surface area (Å²) in [5.74, 6) is 0.225. The minimum absolute atomic E-state index is 0. The lowest BCUT2D eigenvalue weighted by Gasteiger charge is -2.21. The van der Waals surface area contributed by atoms with Crippen molar-refractivity contribution < 1.29 is 4.79 Å². The van der Waals surface area contributed by atoms with Crippen molar-refractivity contribution in [3.05, 3.63) is 24.4 Å². The van der Waals surface area contributed by atoms with Gasteiger partial charge in [-0.25, -0.2) is 0 Å². The molecule has 2 heterocycles. The minimum Gasteiger partial charge on any atom is -0.324 e. The zero-order chi connectivity index (χ0) is 12.4. The molecule has 6 heteroatoms. The highest BCUT2D eigenvalue weighted by atomic mass is 35.5. The average molecular weight is 281 g/mol. The smallest absolute Gasteiger partial charge is 0.227 e. The Morgan fingerprint density at radius 3 is 2.89 bits per heavy atom. The number of benzene rings is 1. The number of nitrogens with zero attached hydrogens (tertiary/aromatic N) is 1. The van der Waals surface area contributed by atoms with Crippen LogP contribution in [0.1, 0.15) is 12.8 Å². The number of H-pyrrole nitrogens is 1. The van der Waals surface area contributed by atoms with E-state index < -0.39 is 0 Å². The largest absolute Gasteiger partial charge is 0.324 e. The number of anilines is 1. The molecule has 2 aromatic rings. The lowest BCUT2D eigenvalue weighted by atomic mass is 9.97. The fraction of sp³-hybridized carbons (Fsp3) is 0.385. The van der Waals surface area contributed by atoms with E-state index in [0.29, 0.717) is 0 Å². The number of fused-ring (bicyclic) bond motifs is 1. The molecule has 1 saturated heterocycles. The van der Waals surface area contributed by atoms with Crippen LogP contribution < -0.4 is 10.6 Å². The van der Waals surface area contributed by atoms with Crippen molar-refractivity contribution in [3.63, 3.8) is 0 Å². The molecule has 0 bridgehead atoms. The summed E-state index contributed by atoms with van der Waals surface area (Å²) in [6, 6.07) is 5.80. The maximum Gasteiger partial charge on any atom is 0.227 e. The van der Waals surface area contributed by atoms with Gasteiger partial charge in [-0.3, -0.25) is 9.89 Å². The molecule has 1 aromatic carbocycles. The summed E-state index contributed by atoms with van der Waals surface area (Å²) < 4.78 is 0. The number of carbonyl (C=O) groups is 1. The topological polar surface area (TPSA) is 69.8 Å². The Balaban J connectivity index is 0.00000133. The normalized spacial score (nSPS) is 16.0. The van der Waals surface area contributed by atoms with Gasteiger partial charge in [0.05, 0.1) is 17.4 Å². The number of carbonyl (C=O) groups excluding carboxylic acids is 1. The third kappa shape index (κ3) is 2.88. The van der Waals surface area contributed by atoms with E-state index in [0.717, 1.165) is 42.5 Å². The summed E-state index contributed by atoms with van der Waals surface area (Å²) in [6.45, 7) is 1.85. The van der Waals surface area contributed by atoms with Crippen LogP contribution in [0.5, 0.6) is 0 Å². The van der Waals surface area contributed by atoms with Crippen LogP contribution in [-0.2, 0) is 4.79 Å². The summed E-state index contributed by atoms with van der Waals surface area (Å²) in [6.07, 6.45) is 3.57. The fourth-order valence-electron chi connectivity index (χ4n) is 2.39. The first-order valence-corrected chi connectivity index (χ1v) is 6.28. The van der Waals surface area contributed by atoms with Crippen molar-refractivity contribution >= 4 is 34.9 Å². The third-order valence-corrected chi connectivity index (χ3v) is 3.44. The highest BCUT2D eigenvalue weighted by Crippen LogP contribution is 2.22. The predicted octanol–water partition coefficient (Wildman–Crippen LogP) is 1.92. The van der Waals surface area contributed by atoms with E-state index in [2.05, 4.69) is 20.8 Å². The van der Waals surface area contributed by atoms with E-state index in [-0.39, 0.29) is 24.2 Å². The van der Waals surface area contributed by atoms with Crippen molar-refractivity contribution in [2.24, 2.45) is 5.92 Å². The van der Waals surface area contributed by atoms with Crippen LogP contribution in [0.3, 0.4) is 0 Å². The number of hydrogen-bond acceptors (Lipinski definition) is 3. The van der Waals surface area contributed by atoms with Crippen LogP contribution in [0.2, 0.25) is 0 Å². The minimum atomic E-state index is 0. The molecule has 0 unspecified atom stereocenters. The molecule has 3 rings (SSSR count). The number of aromatic amines is 1. The Morgan fingerprint density at radius 1 is 1.32 bits per heavy atom. The molecular formula is C13H17ClN4O. The molecule has 5 nitrogen and oxygen atoms in total. The Labute approximate surface area is 117 Å². The predicted molar refractivity (Wildman–Crippen MR) is 77.6 cm³/mol. The average Bonchev–Trinajstić information content (AvgIpc) is 2.89. The van der Waals surface area contributed by atoms with E-state index >= 15 is 0 Å². The van der Waals surface area contributed by atoms with Crippen LogP contribution in [0.15, 0.2) is 24.4 Å². The molecule has 19 heavy (non-hydrogen) atoms.